The Hall–Kier alpha value is -1.32. The molecule has 2 aromatic rings. The lowest BCUT2D eigenvalue weighted by Gasteiger charge is -2.08. The summed E-state index contributed by atoms with van der Waals surface area (Å²) in [6.45, 7) is 0. The van der Waals surface area contributed by atoms with Crippen molar-refractivity contribution in [3.63, 3.8) is 0 Å². The summed E-state index contributed by atoms with van der Waals surface area (Å²) in [5.74, 6) is -0.541. The van der Waals surface area contributed by atoms with Crippen LogP contribution in [0.4, 0.5) is 4.39 Å². The highest BCUT2D eigenvalue weighted by molar-refractivity contribution is 6.32. The van der Waals surface area contributed by atoms with Crippen LogP contribution < -0.4 is 4.74 Å². The van der Waals surface area contributed by atoms with Crippen LogP contribution in [0, 0.1) is 5.82 Å². The summed E-state index contributed by atoms with van der Waals surface area (Å²) < 4.78 is 19.0. The number of pyridine rings is 1. The third kappa shape index (κ3) is 2.35. The molecule has 1 heterocycles. The predicted octanol–water partition coefficient (Wildman–Crippen LogP) is 4.20. The van der Waals surface area contributed by atoms with Gasteiger partial charge >= 0.3 is 0 Å². The zero-order valence-corrected chi connectivity index (χ0v) is 10.4. The molecule has 0 saturated carbocycles. The van der Waals surface area contributed by atoms with Gasteiger partial charge in [-0.25, -0.2) is 9.37 Å². The van der Waals surface area contributed by atoms with E-state index in [0.29, 0.717) is 16.4 Å². The molecule has 0 radical (unpaired) electrons. The van der Waals surface area contributed by atoms with Gasteiger partial charge in [-0.05, 0) is 24.3 Å². The molecule has 0 atom stereocenters. The molecule has 0 N–H and O–H groups in total. The lowest BCUT2D eigenvalue weighted by molar-refractivity contribution is 0.387. The predicted molar refractivity (Wildman–Crippen MR) is 66.2 cm³/mol. The lowest BCUT2D eigenvalue weighted by Crippen LogP contribution is -1.94. The van der Waals surface area contributed by atoms with Crippen LogP contribution in [0.1, 0.15) is 0 Å². The molecule has 5 heteroatoms. The largest absolute Gasteiger partial charge is 0.492 e. The molecule has 0 aliphatic carbocycles. The maximum Gasteiger partial charge on any atom is 0.175 e. The quantitative estimate of drug-likeness (QED) is 0.764. The summed E-state index contributed by atoms with van der Waals surface area (Å²) >= 11 is 11.6. The fourth-order valence-electron chi connectivity index (χ4n) is 1.48. The minimum atomic E-state index is -0.547. The van der Waals surface area contributed by atoms with Gasteiger partial charge in [0.05, 0.1) is 17.8 Å². The molecule has 0 aliphatic rings. The van der Waals surface area contributed by atoms with Gasteiger partial charge in [-0.3, -0.25) is 0 Å². The van der Waals surface area contributed by atoms with Gasteiger partial charge in [0.25, 0.3) is 0 Å². The smallest absolute Gasteiger partial charge is 0.175 e. The average molecular weight is 272 g/mol. The first-order chi connectivity index (χ1) is 8.13. The van der Waals surface area contributed by atoms with Crippen LogP contribution in [0.2, 0.25) is 10.2 Å². The summed E-state index contributed by atoms with van der Waals surface area (Å²) in [7, 11) is 1.36. The van der Waals surface area contributed by atoms with E-state index in [-0.39, 0.29) is 10.8 Å². The van der Waals surface area contributed by atoms with Crippen molar-refractivity contribution in [1.29, 1.82) is 0 Å². The van der Waals surface area contributed by atoms with E-state index in [1.807, 2.05) is 0 Å². The van der Waals surface area contributed by atoms with Gasteiger partial charge in [-0.15, -0.1) is 0 Å². The zero-order valence-electron chi connectivity index (χ0n) is 8.88. The molecule has 17 heavy (non-hydrogen) atoms. The van der Waals surface area contributed by atoms with Crippen LogP contribution in [0.3, 0.4) is 0 Å². The number of hydrogen-bond acceptors (Lipinski definition) is 2. The minimum absolute atomic E-state index is 0.00550. The van der Waals surface area contributed by atoms with E-state index < -0.39 is 5.82 Å². The van der Waals surface area contributed by atoms with E-state index in [4.69, 9.17) is 27.9 Å². The van der Waals surface area contributed by atoms with Crippen molar-refractivity contribution in [3.8, 4) is 17.0 Å². The molecular weight excluding hydrogens is 264 g/mol. The molecule has 1 aromatic heterocycles. The summed E-state index contributed by atoms with van der Waals surface area (Å²) in [4.78, 5) is 4.04. The van der Waals surface area contributed by atoms with Gasteiger partial charge in [0.1, 0.15) is 5.15 Å². The molecule has 0 bridgehead atoms. The molecule has 2 nitrogen and oxygen atoms in total. The van der Waals surface area contributed by atoms with Crippen LogP contribution in [0.15, 0.2) is 30.3 Å². The Kier molecular flexibility index (Phi) is 3.50. The molecule has 0 amide bonds. The second-order valence-corrected chi connectivity index (χ2v) is 4.08. The molecular formula is C12H8Cl2FNO. The minimum Gasteiger partial charge on any atom is -0.492 e. The van der Waals surface area contributed by atoms with Crippen molar-refractivity contribution in [2.24, 2.45) is 0 Å². The lowest BCUT2D eigenvalue weighted by atomic mass is 10.1. The topological polar surface area (TPSA) is 22.1 Å². The van der Waals surface area contributed by atoms with Gasteiger partial charge in [0.2, 0.25) is 0 Å². The molecule has 2 rings (SSSR count). The van der Waals surface area contributed by atoms with Crippen LogP contribution in [0.25, 0.3) is 11.3 Å². The Morgan fingerprint density at radius 2 is 1.94 bits per heavy atom. The average Bonchev–Trinajstić information content (AvgIpc) is 2.29. The Labute approximate surface area is 108 Å². The number of methoxy groups -OCH3 is 1. The normalized spacial score (nSPS) is 10.4. The van der Waals surface area contributed by atoms with Gasteiger partial charge in [0, 0.05) is 5.56 Å². The fourth-order valence-corrected chi connectivity index (χ4v) is 1.86. The van der Waals surface area contributed by atoms with E-state index in [9.17, 15) is 4.39 Å². The van der Waals surface area contributed by atoms with Crippen LogP contribution >= 0.6 is 23.2 Å². The number of rotatable bonds is 2. The van der Waals surface area contributed by atoms with Gasteiger partial charge in [-0.1, -0.05) is 29.3 Å². The first-order valence-corrected chi connectivity index (χ1v) is 5.54. The molecule has 88 valence electrons. The maximum atomic E-state index is 14.1. The van der Waals surface area contributed by atoms with Gasteiger partial charge < -0.3 is 4.74 Å². The SMILES string of the molecule is COc1c(Cl)ccc(-c2cccc(Cl)n2)c1F. The Balaban J connectivity index is 2.61. The number of nitrogens with zero attached hydrogens (tertiary/aromatic N) is 1. The van der Waals surface area contributed by atoms with Crippen LogP contribution in [-0.2, 0) is 0 Å². The molecule has 0 saturated heterocycles. The van der Waals surface area contributed by atoms with Crippen LogP contribution in [-0.4, -0.2) is 12.1 Å². The van der Waals surface area contributed by atoms with Crippen molar-refractivity contribution in [2.45, 2.75) is 0 Å². The first kappa shape index (κ1) is 12.1. The second kappa shape index (κ2) is 4.90. The first-order valence-electron chi connectivity index (χ1n) is 4.78. The standard InChI is InChI=1S/C12H8Cl2FNO/c1-17-12-8(13)6-5-7(11(12)15)9-3-2-4-10(14)16-9/h2-6H,1H3. The van der Waals surface area contributed by atoms with Gasteiger partial charge in [0.15, 0.2) is 11.6 Å². The molecule has 1 aromatic carbocycles. The van der Waals surface area contributed by atoms with E-state index in [1.54, 1.807) is 30.3 Å². The van der Waals surface area contributed by atoms with E-state index in [0.717, 1.165) is 0 Å². The number of hydrogen-bond donors (Lipinski definition) is 0. The second-order valence-electron chi connectivity index (χ2n) is 3.29. The Morgan fingerprint density at radius 3 is 2.59 bits per heavy atom. The summed E-state index contributed by atoms with van der Waals surface area (Å²) in [5.41, 5.74) is 0.735. The monoisotopic (exact) mass is 271 g/mol. The summed E-state index contributed by atoms with van der Waals surface area (Å²) in [6.07, 6.45) is 0. The molecule has 0 spiro atoms. The van der Waals surface area contributed by atoms with Crippen molar-refractivity contribution < 1.29 is 9.13 Å². The number of halogens is 3. The van der Waals surface area contributed by atoms with Crippen molar-refractivity contribution in [2.75, 3.05) is 7.11 Å². The summed E-state index contributed by atoms with van der Waals surface area (Å²) in [6, 6.07) is 8.08. The Morgan fingerprint density at radius 1 is 1.18 bits per heavy atom. The van der Waals surface area contributed by atoms with E-state index >= 15 is 0 Å². The van der Waals surface area contributed by atoms with Crippen molar-refractivity contribution >= 4 is 23.2 Å². The van der Waals surface area contributed by atoms with Crippen molar-refractivity contribution in [1.82, 2.24) is 4.98 Å². The fraction of sp³-hybridized carbons (Fsp3) is 0.0833. The highest BCUT2D eigenvalue weighted by Gasteiger charge is 2.15. The number of aromatic nitrogens is 1. The molecule has 0 aliphatic heterocycles. The van der Waals surface area contributed by atoms with E-state index in [2.05, 4.69) is 4.98 Å². The Bertz CT molecular complexity index is 560. The zero-order chi connectivity index (χ0) is 12.4. The van der Waals surface area contributed by atoms with E-state index in [1.165, 1.54) is 7.11 Å². The number of ether oxygens (including phenoxy) is 1. The third-order valence-corrected chi connectivity index (χ3v) is 2.75. The third-order valence-electron chi connectivity index (χ3n) is 2.24. The molecule has 0 unspecified atom stereocenters. The maximum absolute atomic E-state index is 14.1. The molecule has 0 fully saturated rings. The highest BCUT2D eigenvalue weighted by Crippen LogP contribution is 2.34. The number of benzene rings is 1. The highest BCUT2D eigenvalue weighted by atomic mass is 35.5. The van der Waals surface area contributed by atoms with Crippen molar-refractivity contribution in [3.05, 3.63) is 46.3 Å². The van der Waals surface area contributed by atoms with Crippen LogP contribution in [0.5, 0.6) is 5.75 Å². The van der Waals surface area contributed by atoms with Gasteiger partial charge in [-0.2, -0.15) is 0 Å². The summed E-state index contributed by atoms with van der Waals surface area (Å²) in [5, 5.41) is 0.520.